The molecule has 1 aromatic rings. The van der Waals surface area contributed by atoms with Crippen molar-refractivity contribution < 1.29 is 14.3 Å². The summed E-state index contributed by atoms with van der Waals surface area (Å²) in [6.45, 7) is 7.30. The number of carbonyl (C=O) groups excluding carboxylic acids is 2. The summed E-state index contributed by atoms with van der Waals surface area (Å²) >= 11 is 0. The minimum Gasteiger partial charge on any atom is -0.380 e. The molecule has 1 N–H and O–H groups in total. The Bertz CT molecular complexity index is 505. The zero-order chi connectivity index (χ0) is 14.5. The summed E-state index contributed by atoms with van der Waals surface area (Å²) < 4.78 is 5.13. The van der Waals surface area contributed by atoms with Crippen LogP contribution in [0.5, 0.6) is 0 Å². The zero-order valence-corrected chi connectivity index (χ0v) is 11.5. The molecule has 2 rings (SSSR count). The van der Waals surface area contributed by atoms with Crippen molar-refractivity contribution in [2.24, 2.45) is 0 Å². The molecule has 1 aliphatic heterocycles. The summed E-state index contributed by atoms with van der Waals surface area (Å²) in [5.74, 6) is -0.391. The first kappa shape index (κ1) is 14.3. The lowest BCUT2D eigenvalue weighted by Crippen LogP contribution is -2.38. The molecule has 106 valence electrons. The molecule has 20 heavy (non-hydrogen) atoms. The van der Waals surface area contributed by atoms with E-state index in [0.29, 0.717) is 31.0 Å². The highest BCUT2D eigenvalue weighted by molar-refractivity contribution is 6.10. The van der Waals surface area contributed by atoms with Gasteiger partial charge in [-0.05, 0) is 13.0 Å². The van der Waals surface area contributed by atoms with Gasteiger partial charge in [-0.15, -0.1) is 0 Å². The third-order valence-corrected chi connectivity index (χ3v) is 3.11. The van der Waals surface area contributed by atoms with Crippen molar-refractivity contribution in [3.63, 3.8) is 0 Å². The molecule has 0 aliphatic carbocycles. The molecule has 0 saturated carbocycles. The predicted molar refractivity (Wildman–Crippen MR) is 76.0 cm³/mol. The van der Waals surface area contributed by atoms with E-state index in [9.17, 15) is 9.59 Å². The molecule has 0 radical (unpaired) electrons. The summed E-state index contributed by atoms with van der Waals surface area (Å²) in [7, 11) is 0. The Labute approximate surface area is 118 Å². The number of hydrogen-bond acceptors (Lipinski definition) is 3. The van der Waals surface area contributed by atoms with Gasteiger partial charge in [-0.2, -0.15) is 0 Å². The van der Waals surface area contributed by atoms with Gasteiger partial charge in [0.15, 0.2) is 0 Å². The van der Waals surface area contributed by atoms with Crippen LogP contribution < -0.4 is 5.32 Å². The van der Waals surface area contributed by atoms with Crippen molar-refractivity contribution >= 4 is 17.5 Å². The van der Waals surface area contributed by atoms with Crippen LogP contribution in [0.15, 0.2) is 30.8 Å². The molecule has 0 bridgehead atoms. The number of amides is 2. The predicted octanol–water partition coefficient (Wildman–Crippen LogP) is 1.27. The van der Waals surface area contributed by atoms with Crippen molar-refractivity contribution in [2.45, 2.75) is 6.92 Å². The normalized spacial score (nSPS) is 13.6. The lowest BCUT2D eigenvalue weighted by molar-refractivity contribution is -0.121. The molecule has 0 atom stereocenters. The molecule has 0 spiro atoms. The van der Waals surface area contributed by atoms with Crippen LogP contribution in [0.3, 0.4) is 0 Å². The quantitative estimate of drug-likeness (QED) is 0.795. The van der Waals surface area contributed by atoms with Crippen molar-refractivity contribution in [2.75, 3.05) is 26.3 Å². The third-order valence-electron chi connectivity index (χ3n) is 3.11. The van der Waals surface area contributed by atoms with Crippen molar-refractivity contribution in [1.82, 2.24) is 10.2 Å². The molecule has 1 aromatic carbocycles. The minimum absolute atomic E-state index is 0.0154. The second-order valence-corrected chi connectivity index (χ2v) is 4.43. The lowest BCUT2D eigenvalue weighted by atomic mass is 10.1. The van der Waals surface area contributed by atoms with Crippen molar-refractivity contribution in [1.29, 1.82) is 0 Å². The van der Waals surface area contributed by atoms with Gasteiger partial charge in [0.25, 0.3) is 5.91 Å². The molecule has 0 unspecified atom stereocenters. The molecular formula is C15H18N2O3. The first-order valence-corrected chi connectivity index (χ1v) is 6.59. The third kappa shape index (κ3) is 2.88. The van der Waals surface area contributed by atoms with Gasteiger partial charge in [0.05, 0.1) is 6.61 Å². The van der Waals surface area contributed by atoms with Gasteiger partial charge in [0.1, 0.15) is 6.54 Å². The molecule has 1 heterocycles. The Kier molecular flexibility index (Phi) is 4.53. The van der Waals surface area contributed by atoms with Crippen LogP contribution in [0.2, 0.25) is 0 Å². The number of ether oxygens (including phenoxy) is 1. The standard InChI is InChI=1S/C15H18N2O3/c1-3-20-9-8-16-14(18)10-17-11(2)12-6-4-5-7-13(12)15(17)19/h4-7H,2-3,8-10H2,1H3,(H,16,18). The highest BCUT2D eigenvalue weighted by Crippen LogP contribution is 2.30. The lowest BCUT2D eigenvalue weighted by Gasteiger charge is -2.16. The number of fused-ring (bicyclic) bond motifs is 1. The van der Waals surface area contributed by atoms with Gasteiger partial charge >= 0.3 is 0 Å². The van der Waals surface area contributed by atoms with Crippen LogP contribution >= 0.6 is 0 Å². The monoisotopic (exact) mass is 274 g/mol. The van der Waals surface area contributed by atoms with Gasteiger partial charge in [-0.3, -0.25) is 14.5 Å². The Morgan fingerprint density at radius 2 is 2.05 bits per heavy atom. The molecule has 0 aromatic heterocycles. The van der Waals surface area contributed by atoms with E-state index in [1.807, 2.05) is 19.1 Å². The van der Waals surface area contributed by atoms with Crippen LogP contribution in [0, 0.1) is 0 Å². The van der Waals surface area contributed by atoms with Crippen LogP contribution in [0.25, 0.3) is 5.70 Å². The molecule has 0 saturated heterocycles. The number of benzene rings is 1. The van der Waals surface area contributed by atoms with Crippen LogP contribution in [0.4, 0.5) is 0 Å². The first-order valence-electron chi connectivity index (χ1n) is 6.59. The number of nitrogens with one attached hydrogen (secondary N) is 1. The van der Waals surface area contributed by atoms with Gasteiger partial charge in [0.2, 0.25) is 5.91 Å². The van der Waals surface area contributed by atoms with Gasteiger partial charge in [-0.25, -0.2) is 0 Å². The first-order chi connectivity index (χ1) is 9.65. The SMILES string of the molecule is C=C1c2ccccc2C(=O)N1CC(=O)NCCOCC. The zero-order valence-electron chi connectivity index (χ0n) is 11.5. The van der Waals surface area contributed by atoms with E-state index >= 15 is 0 Å². The Morgan fingerprint density at radius 1 is 1.35 bits per heavy atom. The maximum absolute atomic E-state index is 12.2. The fraction of sp³-hybridized carbons (Fsp3) is 0.333. The summed E-state index contributed by atoms with van der Waals surface area (Å²) in [6.07, 6.45) is 0. The second-order valence-electron chi connectivity index (χ2n) is 4.43. The average molecular weight is 274 g/mol. The van der Waals surface area contributed by atoms with E-state index in [0.717, 1.165) is 5.56 Å². The summed E-state index contributed by atoms with van der Waals surface area (Å²) in [5.41, 5.74) is 1.96. The molecule has 5 nitrogen and oxygen atoms in total. The van der Waals surface area contributed by atoms with Crippen molar-refractivity contribution in [3.05, 3.63) is 42.0 Å². The molecule has 0 fully saturated rings. The maximum Gasteiger partial charge on any atom is 0.259 e. The van der Waals surface area contributed by atoms with Gasteiger partial charge in [0, 0.05) is 30.0 Å². The smallest absolute Gasteiger partial charge is 0.259 e. The van der Waals surface area contributed by atoms with Crippen LogP contribution in [-0.2, 0) is 9.53 Å². The maximum atomic E-state index is 12.2. The molecule has 2 amide bonds. The van der Waals surface area contributed by atoms with Crippen molar-refractivity contribution in [3.8, 4) is 0 Å². The number of rotatable bonds is 6. The van der Waals surface area contributed by atoms with E-state index in [1.165, 1.54) is 4.90 Å². The largest absolute Gasteiger partial charge is 0.380 e. The Balaban J connectivity index is 1.93. The fourth-order valence-electron chi connectivity index (χ4n) is 2.11. The van der Waals surface area contributed by atoms with E-state index in [4.69, 9.17) is 4.74 Å². The van der Waals surface area contributed by atoms with Gasteiger partial charge in [-0.1, -0.05) is 24.8 Å². The summed E-state index contributed by atoms with van der Waals surface area (Å²) in [6, 6.07) is 7.23. The van der Waals surface area contributed by atoms with E-state index in [-0.39, 0.29) is 18.4 Å². The fourth-order valence-corrected chi connectivity index (χ4v) is 2.11. The topological polar surface area (TPSA) is 58.6 Å². The summed E-state index contributed by atoms with van der Waals surface area (Å²) in [5, 5.41) is 2.71. The van der Waals surface area contributed by atoms with E-state index in [2.05, 4.69) is 11.9 Å². The molecule has 1 aliphatic rings. The summed E-state index contributed by atoms with van der Waals surface area (Å²) in [4.78, 5) is 25.4. The second kappa shape index (κ2) is 6.34. The average Bonchev–Trinajstić information content (AvgIpc) is 2.69. The molecular weight excluding hydrogens is 256 g/mol. The number of hydrogen-bond donors (Lipinski definition) is 1. The minimum atomic E-state index is -0.216. The number of carbonyl (C=O) groups is 2. The molecule has 5 heteroatoms. The van der Waals surface area contributed by atoms with E-state index in [1.54, 1.807) is 12.1 Å². The number of nitrogens with zero attached hydrogens (tertiary/aromatic N) is 1. The highest BCUT2D eigenvalue weighted by Gasteiger charge is 2.31. The van der Waals surface area contributed by atoms with Gasteiger partial charge < -0.3 is 10.1 Å². The Morgan fingerprint density at radius 3 is 2.70 bits per heavy atom. The van der Waals surface area contributed by atoms with E-state index < -0.39 is 0 Å². The van der Waals surface area contributed by atoms with Crippen LogP contribution in [0.1, 0.15) is 22.8 Å². The van der Waals surface area contributed by atoms with Crippen LogP contribution in [-0.4, -0.2) is 43.0 Å². The Hall–Kier alpha value is -2.14. The highest BCUT2D eigenvalue weighted by atomic mass is 16.5.